The van der Waals surface area contributed by atoms with Crippen LogP contribution in [0.4, 0.5) is 0 Å². The average Bonchev–Trinajstić information content (AvgIpc) is 1.93. The quantitative estimate of drug-likeness (QED) is 0.547. The smallest absolute Gasteiger partial charge is 0.153 e. The SMILES string of the molecule is [CH2]N1CCN(C[SH](=O)=O)CC1. The van der Waals surface area contributed by atoms with Gasteiger partial charge in [-0.15, -0.1) is 0 Å². The maximum atomic E-state index is 10.3. The van der Waals surface area contributed by atoms with E-state index < -0.39 is 10.7 Å². The second-order valence-corrected chi connectivity index (χ2v) is 3.66. The first-order valence-electron chi connectivity index (χ1n) is 3.58. The van der Waals surface area contributed by atoms with Crippen molar-refractivity contribution in [2.24, 2.45) is 0 Å². The van der Waals surface area contributed by atoms with E-state index in [1.807, 2.05) is 9.80 Å². The van der Waals surface area contributed by atoms with Crippen molar-refractivity contribution in [2.45, 2.75) is 0 Å². The van der Waals surface area contributed by atoms with Gasteiger partial charge in [0.2, 0.25) is 0 Å². The molecule has 1 rings (SSSR count). The monoisotopic (exact) mass is 177 g/mol. The largest absolute Gasteiger partial charge is 0.300 e. The topological polar surface area (TPSA) is 40.6 Å². The normalized spacial score (nSPS) is 22.7. The molecule has 0 aromatic heterocycles. The Kier molecular flexibility index (Phi) is 3.29. The molecule has 11 heavy (non-hydrogen) atoms. The zero-order valence-corrected chi connectivity index (χ0v) is 7.30. The summed E-state index contributed by atoms with van der Waals surface area (Å²) in [5.41, 5.74) is 0. The van der Waals surface area contributed by atoms with Gasteiger partial charge in [0.25, 0.3) is 0 Å². The Balaban J connectivity index is 2.28. The minimum absolute atomic E-state index is 0.198. The molecular formula is C6H13N2O2S. The molecule has 0 aromatic carbocycles. The summed E-state index contributed by atoms with van der Waals surface area (Å²) < 4.78 is 20.6. The lowest BCUT2D eigenvalue weighted by Gasteiger charge is -2.30. The van der Waals surface area contributed by atoms with Crippen LogP contribution >= 0.6 is 0 Å². The molecule has 5 heteroatoms. The molecule has 0 amide bonds. The van der Waals surface area contributed by atoms with Gasteiger partial charge in [-0.2, -0.15) is 0 Å². The number of hydrogen-bond donors (Lipinski definition) is 1. The fourth-order valence-corrected chi connectivity index (χ4v) is 1.70. The molecule has 0 N–H and O–H groups in total. The van der Waals surface area contributed by atoms with Crippen molar-refractivity contribution in [1.82, 2.24) is 9.80 Å². The number of piperazine rings is 1. The molecular weight excluding hydrogens is 164 g/mol. The van der Waals surface area contributed by atoms with Crippen molar-refractivity contribution in [1.29, 1.82) is 0 Å². The molecule has 0 aliphatic carbocycles. The van der Waals surface area contributed by atoms with Gasteiger partial charge in [-0.25, -0.2) is 8.42 Å². The van der Waals surface area contributed by atoms with E-state index in [-0.39, 0.29) is 5.88 Å². The van der Waals surface area contributed by atoms with Crippen molar-refractivity contribution >= 4 is 10.7 Å². The van der Waals surface area contributed by atoms with Crippen LogP contribution in [0.15, 0.2) is 0 Å². The second kappa shape index (κ2) is 4.04. The van der Waals surface area contributed by atoms with E-state index in [1.165, 1.54) is 0 Å². The van der Waals surface area contributed by atoms with Gasteiger partial charge < -0.3 is 0 Å². The van der Waals surface area contributed by atoms with Crippen LogP contribution in [0.1, 0.15) is 0 Å². The molecule has 65 valence electrons. The van der Waals surface area contributed by atoms with Gasteiger partial charge in [0.15, 0.2) is 10.7 Å². The maximum Gasteiger partial charge on any atom is 0.153 e. The molecule has 1 saturated heterocycles. The minimum Gasteiger partial charge on any atom is -0.300 e. The highest BCUT2D eigenvalue weighted by Crippen LogP contribution is 1.98. The van der Waals surface area contributed by atoms with E-state index in [2.05, 4.69) is 7.05 Å². The summed E-state index contributed by atoms with van der Waals surface area (Å²) in [5.74, 6) is 0.198. The third-order valence-corrected chi connectivity index (χ3v) is 2.41. The van der Waals surface area contributed by atoms with Gasteiger partial charge in [-0.05, 0) is 0 Å². The summed E-state index contributed by atoms with van der Waals surface area (Å²) in [7, 11) is 1.52. The fraction of sp³-hybridized carbons (Fsp3) is 0.833. The van der Waals surface area contributed by atoms with E-state index in [0.717, 1.165) is 26.2 Å². The van der Waals surface area contributed by atoms with E-state index in [0.29, 0.717) is 0 Å². The molecule has 0 saturated carbocycles. The van der Waals surface area contributed by atoms with E-state index in [4.69, 9.17) is 0 Å². The number of nitrogens with zero attached hydrogens (tertiary/aromatic N) is 2. The van der Waals surface area contributed by atoms with Crippen LogP contribution < -0.4 is 0 Å². The first-order valence-corrected chi connectivity index (χ1v) is 4.94. The second-order valence-electron chi connectivity index (χ2n) is 2.71. The van der Waals surface area contributed by atoms with Crippen LogP contribution in [0.2, 0.25) is 0 Å². The third kappa shape index (κ3) is 3.18. The standard InChI is InChI=1S/C6H13N2O2S/c1-7-2-4-8(5-3-7)6-11(9)10/h11H,1-6H2. The Hall–Kier alpha value is -0.130. The lowest BCUT2D eigenvalue weighted by molar-refractivity contribution is 0.187. The summed E-state index contributed by atoms with van der Waals surface area (Å²) in [6.07, 6.45) is 0. The van der Waals surface area contributed by atoms with Gasteiger partial charge in [0.05, 0.1) is 5.88 Å². The minimum atomic E-state index is -2.25. The maximum absolute atomic E-state index is 10.3. The lowest BCUT2D eigenvalue weighted by atomic mass is 10.4. The molecule has 1 aliphatic heterocycles. The van der Waals surface area contributed by atoms with Crippen molar-refractivity contribution in [2.75, 3.05) is 32.1 Å². The number of thiol groups is 1. The van der Waals surface area contributed by atoms with Crippen molar-refractivity contribution in [3.8, 4) is 0 Å². The Morgan fingerprint density at radius 2 is 1.73 bits per heavy atom. The highest BCUT2D eigenvalue weighted by Gasteiger charge is 2.13. The average molecular weight is 177 g/mol. The molecule has 0 unspecified atom stereocenters. The van der Waals surface area contributed by atoms with Crippen LogP contribution in [0.3, 0.4) is 0 Å². The zero-order chi connectivity index (χ0) is 8.27. The predicted molar refractivity (Wildman–Crippen MR) is 43.7 cm³/mol. The molecule has 0 aromatic rings. The van der Waals surface area contributed by atoms with Crippen LogP contribution in [0.25, 0.3) is 0 Å². The molecule has 1 heterocycles. The third-order valence-electron chi connectivity index (χ3n) is 1.78. The summed E-state index contributed by atoms with van der Waals surface area (Å²) in [6, 6.07) is 0. The summed E-state index contributed by atoms with van der Waals surface area (Å²) in [4.78, 5) is 3.88. The van der Waals surface area contributed by atoms with Crippen molar-refractivity contribution < 1.29 is 8.42 Å². The molecule has 0 atom stereocenters. The van der Waals surface area contributed by atoms with E-state index in [9.17, 15) is 8.42 Å². The van der Waals surface area contributed by atoms with Gasteiger partial charge in [0.1, 0.15) is 0 Å². The van der Waals surface area contributed by atoms with Gasteiger partial charge in [0, 0.05) is 33.2 Å². The van der Waals surface area contributed by atoms with Crippen molar-refractivity contribution in [3.63, 3.8) is 0 Å². The summed E-state index contributed by atoms with van der Waals surface area (Å²) in [6.45, 7) is 3.35. The van der Waals surface area contributed by atoms with Crippen LogP contribution in [0, 0.1) is 7.05 Å². The van der Waals surface area contributed by atoms with Crippen LogP contribution in [-0.2, 0) is 10.7 Å². The molecule has 1 radical (unpaired) electrons. The fourth-order valence-electron chi connectivity index (χ4n) is 1.09. The van der Waals surface area contributed by atoms with E-state index in [1.54, 1.807) is 0 Å². The highest BCUT2D eigenvalue weighted by atomic mass is 32.2. The Labute approximate surface area is 68.7 Å². The number of rotatable bonds is 2. The molecule has 0 spiro atoms. The predicted octanol–water partition coefficient (Wildman–Crippen LogP) is -1.04. The Morgan fingerprint density at radius 3 is 2.18 bits per heavy atom. The molecule has 1 aliphatic rings. The van der Waals surface area contributed by atoms with Crippen LogP contribution in [0.5, 0.6) is 0 Å². The zero-order valence-electron chi connectivity index (χ0n) is 6.40. The van der Waals surface area contributed by atoms with E-state index >= 15 is 0 Å². The van der Waals surface area contributed by atoms with Crippen LogP contribution in [-0.4, -0.2) is 50.3 Å². The summed E-state index contributed by atoms with van der Waals surface area (Å²) >= 11 is 0. The lowest BCUT2D eigenvalue weighted by Crippen LogP contribution is -2.44. The first kappa shape index (κ1) is 8.96. The first-order chi connectivity index (χ1) is 5.18. The molecule has 1 fully saturated rings. The van der Waals surface area contributed by atoms with Crippen molar-refractivity contribution in [3.05, 3.63) is 7.05 Å². The summed E-state index contributed by atoms with van der Waals surface area (Å²) in [5, 5.41) is 0. The molecule has 4 nitrogen and oxygen atoms in total. The Bertz CT molecular complexity index is 177. The van der Waals surface area contributed by atoms with Gasteiger partial charge >= 0.3 is 0 Å². The highest BCUT2D eigenvalue weighted by molar-refractivity contribution is 7.72. The molecule has 0 bridgehead atoms. The van der Waals surface area contributed by atoms with Gasteiger partial charge in [-0.1, -0.05) is 0 Å². The Morgan fingerprint density at radius 1 is 1.18 bits per heavy atom. The number of hydrogen-bond acceptors (Lipinski definition) is 4. The van der Waals surface area contributed by atoms with Gasteiger partial charge in [-0.3, -0.25) is 9.80 Å².